The molecule has 1 N–H and O–H groups in total. The number of nitrogens with zero attached hydrogens (tertiary/aromatic N) is 3. The van der Waals surface area contributed by atoms with Gasteiger partial charge in [0.1, 0.15) is 5.82 Å². The summed E-state index contributed by atoms with van der Waals surface area (Å²) in [6.07, 6.45) is 0.287. The van der Waals surface area contributed by atoms with Crippen molar-refractivity contribution >= 4 is 33.4 Å². The van der Waals surface area contributed by atoms with Crippen molar-refractivity contribution in [2.75, 3.05) is 5.32 Å². The minimum atomic E-state index is -0.0879. The fourth-order valence-electron chi connectivity index (χ4n) is 4.01. The zero-order valence-electron chi connectivity index (χ0n) is 17.5. The largest absolute Gasteiger partial charge is 0.310 e. The van der Waals surface area contributed by atoms with Crippen LogP contribution in [0.1, 0.15) is 16.8 Å². The van der Waals surface area contributed by atoms with Gasteiger partial charge >= 0.3 is 0 Å². The zero-order chi connectivity index (χ0) is 21.4. The molecule has 0 aliphatic heterocycles. The lowest BCUT2D eigenvalue weighted by molar-refractivity contribution is -0.115. The van der Waals surface area contributed by atoms with Crippen LogP contribution in [-0.4, -0.2) is 20.7 Å². The lowest BCUT2D eigenvalue weighted by Gasteiger charge is -2.11. The molecule has 152 valence electrons. The van der Waals surface area contributed by atoms with Gasteiger partial charge in [-0.15, -0.1) is 0 Å². The summed E-state index contributed by atoms with van der Waals surface area (Å²) < 4.78 is 1.70. The van der Waals surface area contributed by atoms with Crippen LogP contribution in [0.5, 0.6) is 0 Å². The summed E-state index contributed by atoms with van der Waals surface area (Å²) >= 11 is 0. The minimum Gasteiger partial charge on any atom is -0.310 e. The second-order valence-electron chi connectivity index (χ2n) is 7.76. The van der Waals surface area contributed by atoms with E-state index in [-0.39, 0.29) is 12.3 Å². The van der Waals surface area contributed by atoms with E-state index in [2.05, 4.69) is 35.5 Å². The molecule has 0 atom stereocenters. The molecule has 1 amide bonds. The molecule has 0 radical (unpaired) electrons. The van der Waals surface area contributed by atoms with Crippen molar-refractivity contribution in [2.45, 2.75) is 20.3 Å². The van der Waals surface area contributed by atoms with Crippen LogP contribution < -0.4 is 5.32 Å². The van der Waals surface area contributed by atoms with Gasteiger partial charge in [0, 0.05) is 11.5 Å². The lowest BCUT2D eigenvalue weighted by Crippen LogP contribution is -2.17. The SMILES string of the molecule is Cc1cc(NC(=O)Cc2cccc3ccccc23)n(-c2cc(C)c3ccccc3n2)n1. The van der Waals surface area contributed by atoms with Crippen molar-refractivity contribution in [2.24, 2.45) is 0 Å². The van der Waals surface area contributed by atoms with E-state index in [9.17, 15) is 4.79 Å². The normalized spacial score (nSPS) is 11.2. The van der Waals surface area contributed by atoms with E-state index in [0.29, 0.717) is 11.6 Å². The van der Waals surface area contributed by atoms with Gasteiger partial charge in [0.25, 0.3) is 0 Å². The Kier molecular flexibility index (Phi) is 4.71. The topological polar surface area (TPSA) is 59.8 Å². The number of aryl methyl sites for hydroxylation is 2. The van der Waals surface area contributed by atoms with E-state index in [0.717, 1.165) is 38.5 Å². The van der Waals surface area contributed by atoms with Crippen LogP contribution in [0.4, 0.5) is 5.82 Å². The van der Waals surface area contributed by atoms with Gasteiger partial charge in [0.15, 0.2) is 5.82 Å². The highest BCUT2D eigenvalue weighted by molar-refractivity contribution is 5.96. The van der Waals surface area contributed by atoms with Crippen LogP contribution in [-0.2, 0) is 11.2 Å². The Labute approximate surface area is 180 Å². The Morgan fingerprint density at radius 2 is 1.65 bits per heavy atom. The Morgan fingerprint density at radius 1 is 0.903 bits per heavy atom. The summed E-state index contributed by atoms with van der Waals surface area (Å²) in [4.78, 5) is 17.7. The first kappa shape index (κ1) is 19.0. The number of amides is 1. The highest BCUT2D eigenvalue weighted by Gasteiger charge is 2.14. The number of para-hydroxylation sites is 1. The zero-order valence-corrected chi connectivity index (χ0v) is 17.5. The van der Waals surface area contributed by atoms with Gasteiger partial charge < -0.3 is 5.32 Å². The molecule has 0 fully saturated rings. The van der Waals surface area contributed by atoms with Crippen molar-refractivity contribution in [1.29, 1.82) is 0 Å². The number of carbonyl (C=O) groups is 1. The first-order chi connectivity index (χ1) is 15.1. The quantitative estimate of drug-likeness (QED) is 0.436. The number of anilines is 1. The van der Waals surface area contributed by atoms with Gasteiger partial charge in [0.05, 0.1) is 17.6 Å². The number of pyridine rings is 1. The molecule has 5 rings (SSSR count). The molecule has 5 aromatic rings. The molecule has 0 saturated carbocycles. The Bertz CT molecular complexity index is 1430. The van der Waals surface area contributed by atoms with Gasteiger partial charge in [-0.25, -0.2) is 4.98 Å². The summed E-state index contributed by atoms with van der Waals surface area (Å²) in [6.45, 7) is 3.97. The molecule has 5 heteroatoms. The summed E-state index contributed by atoms with van der Waals surface area (Å²) in [7, 11) is 0. The number of nitrogens with one attached hydrogen (secondary N) is 1. The highest BCUT2D eigenvalue weighted by Crippen LogP contribution is 2.23. The predicted molar refractivity (Wildman–Crippen MR) is 125 cm³/mol. The molecule has 0 saturated heterocycles. The van der Waals surface area contributed by atoms with Crippen molar-refractivity contribution < 1.29 is 4.79 Å². The van der Waals surface area contributed by atoms with Gasteiger partial charge in [-0.1, -0.05) is 60.7 Å². The maximum Gasteiger partial charge on any atom is 0.229 e. The third-order valence-corrected chi connectivity index (χ3v) is 5.46. The van der Waals surface area contributed by atoms with Crippen LogP contribution in [0.15, 0.2) is 78.9 Å². The van der Waals surface area contributed by atoms with E-state index in [1.807, 2.05) is 67.6 Å². The molecule has 31 heavy (non-hydrogen) atoms. The molecule has 0 unspecified atom stereocenters. The van der Waals surface area contributed by atoms with E-state index in [1.54, 1.807) is 4.68 Å². The number of aromatic nitrogens is 3. The summed E-state index contributed by atoms with van der Waals surface area (Å²) in [6, 6.07) is 26.0. The van der Waals surface area contributed by atoms with Gasteiger partial charge in [-0.2, -0.15) is 9.78 Å². The van der Waals surface area contributed by atoms with Crippen molar-refractivity contribution in [3.8, 4) is 5.82 Å². The molecular weight excluding hydrogens is 384 g/mol. The highest BCUT2D eigenvalue weighted by atomic mass is 16.1. The van der Waals surface area contributed by atoms with E-state index >= 15 is 0 Å². The molecular formula is C26H22N4O. The summed E-state index contributed by atoms with van der Waals surface area (Å²) in [5, 5.41) is 10.9. The van der Waals surface area contributed by atoms with Crippen LogP contribution in [0.25, 0.3) is 27.5 Å². The first-order valence-corrected chi connectivity index (χ1v) is 10.3. The van der Waals surface area contributed by atoms with Crippen LogP contribution in [0, 0.1) is 13.8 Å². The number of hydrogen-bond acceptors (Lipinski definition) is 3. The Morgan fingerprint density at radius 3 is 2.52 bits per heavy atom. The summed E-state index contributed by atoms with van der Waals surface area (Å²) in [5.74, 6) is 1.21. The smallest absolute Gasteiger partial charge is 0.229 e. The van der Waals surface area contributed by atoms with E-state index in [1.165, 1.54) is 0 Å². The maximum absolute atomic E-state index is 12.9. The molecule has 3 aromatic carbocycles. The fraction of sp³-hybridized carbons (Fsp3) is 0.115. The van der Waals surface area contributed by atoms with Gasteiger partial charge in [0.2, 0.25) is 5.91 Å². The monoisotopic (exact) mass is 406 g/mol. The van der Waals surface area contributed by atoms with E-state index < -0.39 is 0 Å². The second kappa shape index (κ2) is 7.69. The fourth-order valence-corrected chi connectivity index (χ4v) is 4.01. The maximum atomic E-state index is 12.9. The number of carbonyl (C=O) groups excluding carboxylic acids is 1. The molecule has 2 aromatic heterocycles. The van der Waals surface area contributed by atoms with Crippen molar-refractivity contribution in [1.82, 2.24) is 14.8 Å². The van der Waals surface area contributed by atoms with Gasteiger partial charge in [-0.05, 0) is 47.9 Å². The Balaban J connectivity index is 1.46. The third-order valence-electron chi connectivity index (χ3n) is 5.46. The van der Waals surface area contributed by atoms with Crippen molar-refractivity contribution in [3.05, 3.63) is 95.7 Å². The average Bonchev–Trinajstić information content (AvgIpc) is 3.14. The summed E-state index contributed by atoms with van der Waals surface area (Å²) in [5.41, 5.74) is 3.83. The third kappa shape index (κ3) is 3.66. The lowest BCUT2D eigenvalue weighted by atomic mass is 10.0. The van der Waals surface area contributed by atoms with E-state index in [4.69, 9.17) is 4.98 Å². The molecule has 0 bridgehead atoms. The van der Waals surface area contributed by atoms with Gasteiger partial charge in [-0.3, -0.25) is 4.79 Å². The molecule has 5 nitrogen and oxygen atoms in total. The van der Waals surface area contributed by atoms with Crippen LogP contribution in [0.2, 0.25) is 0 Å². The standard InChI is InChI=1S/C26H22N4O/c1-17-14-24(27-23-13-6-5-11-21(17)23)30-25(15-18(2)29-30)28-26(31)16-20-10-7-9-19-8-3-4-12-22(19)20/h3-15H,16H2,1-2H3,(H,28,31). The molecule has 2 heterocycles. The van der Waals surface area contributed by atoms with Crippen LogP contribution in [0.3, 0.4) is 0 Å². The van der Waals surface area contributed by atoms with Crippen molar-refractivity contribution in [3.63, 3.8) is 0 Å². The number of hydrogen-bond donors (Lipinski definition) is 1. The van der Waals surface area contributed by atoms with Crippen LogP contribution >= 0.6 is 0 Å². The number of fused-ring (bicyclic) bond motifs is 2. The number of benzene rings is 3. The molecule has 0 aliphatic carbocycles. The Hall–Kier alpha value is -3.99. The predicted octanol–water partition coefficient (Wildman–Crippen LogP) is 5.37. The minimum absolute atomic E-state index is 0.0879. The number of rotatable bonds is 4. The molecule has 0 aliphatic rings. The first-order valence-electron chi connectivity index (χ1n) is 10.3. The second-order valence-corrected chi connectivity index (χ2v) is 7.76. The molecule has 0 spiro atoms. The average molecular weight is 406 g/mol.